The molecule has 4 aromatic rings. The first kappa shape index (κ1) is 25.4. The lowest BCUT2D eigenvalue weighted by Gasteiger charge is -2.16. The molecule has 1 aliphatic heterocycles. The minimum absolute atomic E-state index is 0.255. The van der Waals surface area contributed by atoms with Gasteiger partial charge in [-0.2, -0.15) is 0 Å². The van der Waals surface area contributed by atoms with E-state index in [1.54, 1.807) is 6.08 Å². The predicted octanol–water partition coefficient (Wildman–Crippen LogP) is 7.66. The normalized spacial score (nSPS) is 14.5. The van der Waals surface area contributed by atoms with E-state index in [-0.39, 0.29) is 17.7 Å². The second kappa shape index (κ2) is 11.4. The molecule has 0 atom stereocenters. The highest BCUT2D eigenvalue weighted by molar-refractivity contribution is 14.1. The number of benzene rings is 4. The molecular weight excluding hydrogens is 597 g/mol. The Labute approximate surface area is 233 Å². The van der Waals surface area contributed by atoms with Gasteiger partial charge in [-0.25, -0.2) is 0 Å². The van der Waals surface area contributed by atoms with Crippen molar-refractivity contribution in [1.29, 1.82) is 0 Å². The first-order valence-corrected chi connectivity index (χ1v) is 13.8. The molecule has 1 aliphatic rings. The molecule has 0 bridgehead atoms. The molecule has 0 saturated carbocycles. The molecule has 0 aromatic heterocycles. The maximum absolute atomic E-state index is 13.0. The standard InChI is InChI=1S/C30H24INO4S/c1-2-35-26-16-21(17-27-29(33)32(30(34)37-27)18-20-9-4-3-5-10-20)15-25(31)28(26)36-19-23-13-8-12-22-11-6-7-14-24(22)23/h3-17H,2,18-19H2,1H3/b27-17-. The third-order valence-electron chi connectivity index (χ3n) is 5.94. The SMILES string of the molecule is CCOc1cc(/C=C2\SC(=O)N(Cc3ccccc3)C2=O)cc(I)c1OCc1cccc2ccccc12. The topological polar surface area (TPSA) is 55.8 Å². The number of carbonyl (C=O) groups is 2. The van der Waals surface area contributed by atoms with Crippen LogP contribution in [0.2, 0.25) is 0 Å². The summed E-state index contributed by atoms with van der Waals surface area (Å²) < 4.78 is 13.1. The fourth-order valence-corrected chi connectivity index (χ4v) is 5.82. The number of amides is 2. The van der Waals surface area contributed by atoms with Crippen molar-refractivity contribution in [2.75, 3.05) is 6.61 Å². The molecule has 0 N–H and O–H groups in total. The Balaban J connectivity index is 1.38. The molecule has 4 aromatic carbocycles. The Morgan fingerprint density at radius 1 is 0.919 bits per heavy atom. The fourth-order valence-electron chi connectivity index (χ4n) is 4.20. The summed E-state index contributed by atoms with van der Waals surface area (Å²) in [5, 5.41) is 2.05. The van der Waals surface area contributed by atoms with Gasteiger partial charge in [0, 0.05) is 0 Å². The van der Waals surface area contributed by atoms with Crippen molar-refractivity contribution >= 4 is 62.3 Å². The van der Waals surface area contributed by atoms with Gasteiger partial charge in [-0.15, -0.1) is 0 Å². The van der Waals surface area contributed by atoms with Crippen LogP contribution in [-0.2, 0) is 17.9 Å². The zero-order chi connectivity index (χ0) is 25.8. The molecule has 1 heterocycles. The second-order valence-electron chi connectivity index (χ2n) is 8.44. The largest absolute Gasteiger partial charge is 0.490 e. The Kier molecular flexibility index (Phi) is 7.81. The molecule has 2 amide bonds. The van der Waals surface area contributed by atoms with Crippen LogP contribution in [0, 0.1) is 3.57 Å². The van der Waals surface area contributed by atoms with Gasteiger partial charge in [0.2, 0.25) is 0 Å². The Hall–Kier alpha value is -3.30. The number of ether oxygens (including phenoxy) is 2. The molecule has 5 nitrogen and oxygen atoms in total. The van der Waals surface area contributed by atoms with Gasteiger partial charge in [-0.3, -0.25) is 14.5 Å². The first-order chi connectivity index (χ1) is 18.0. The summed E-state index contributed by atoms with van der Waals surface area (Å²) in [5.41, 5.74) is 2.77. The third kappa shape index (κ3) is 5.67. The minimum Gasteiger partial charge on any atom is -0.490 e. The van der Waals surface area contributed by atoms with Crippen LogP contribution in [0.5, 0.6) is 11.5 Å². The van der Waals surface area contributed by atoms with Crippen LogP contribution in [0.3, 0.4) is 0 Å². The average Bonchev–Trinajstić information content (AvgIpc) is 3.16. The number of nitrogens with zero attached hydrogens (tertiary/aromatic N) is 1. The van der Waals surface area contributed by atoms with Crippen molar-refractivity contribution in [2.45, 2.75) is 20.1 Å². The lowest BCUT2D eigenvalue weighted by molar-refractivity contribution is -0.123. The van der Waals surface area contributed by atoms with Gasteiger partial charge in [-0.05, 0) is 86.9 Å². The van der Waals surface area contributed by atoms with Gasteiger partial charge in [0.25, 0.3) is 11.1 Å². The molecule has 7 heteroatoms. The molecule has 0 aliphatic carbocycles. The number of hydrogen-bond acceptors (Lipinski definition) is 5. The Morgan fingerprint density at radius 2 is 1.68 bits per heavy atom. The van der Waals surface area contributed by atoms with Crippen LogP contribution in [0.4, 0.5) is 4.79 Å². The maximum atomic E-state index is 13.0. The van der Waals surface area contributed by atoms with E-state index in [9.17, 15) is 9.59 Å². The number of halogens is 1. The van der Waals surface area contributed by atoms with E-state index < -0.39 is 0 Å². The van der Waals surface area contributed by atoms with E-state index >= 15 is 0 Å². The third-order valence-corrected chi connectivity index (χ3v) is 7.65. The van der Waals surface area contributed by atoms with Crippen molar-refractivity contribution < 1.29 is 19.1 Å². The molecule has 0 unspecified atom stereocenters. The zero-order valence-electron chi connectivity index (χ0n) is 20.1. The van der Waals surface area contributed by atoms with E-state index in [1.165, 1.54) is 10.3 Å². The molecule has 5 rings (SSSR count). The second-order valence-corrected chi connectivity index (χ2v) is 10.6. The molecule has 186 valence electrons. The van der Waals surface area contributed by atoms with Gasteiger partial charge in [0.1, 0.15) is 6.61 Å². The number of rotatable bonds is 8. The summed E-state index contributed by atoms with van der Waals surface area (Å²) in [6, 6.07) is 27.7. The Morgan fingerprint density at radius 3 is 2.49 bits per heavy atom. The smallest absolute Gasteiger partial charge is 0.293 e. The van der Waals surface area contributed by atoms with E-state index in [0.29, 0.717) is 29.6 Å². The van der Waals surface area contributed by atoms with Gasteiger partial charge < -0.3 is 9.47 Å². The molecule has 1 saturated heterocycles. The number of carbonyl (C=O) groups excluding carboxylic acids is 2. The average molecular weight is 621 g/mol. The van der Waals surface area contributed by atoms with Crippen LogP contribution in [0.25, 0.3) is 16.8 Å². The van der Waals surface area contributed by atoms with Crippen molar-refractivity contribution in [2.24, 2.45) is 0 Å². The van der Waals surface area contributed by atoms with Gasteiger partial charge >= 0.3 is 0 Å². The van der Waals surface area contributed by atoms with Gasteiger partial charge in [-0.1, -0.05) is 72.8 Å². The van der Waals surface area contributed by atoms with E-state index in [4.69, 9.17) is 9.47 Å². The molecule has 0 radical (unpaired) electrons. The first-order valence-electron chi connectivity index (χ1n) is 11.9. The lowest BCUT2D eigenvalue weighted by Crippen LogP contribution is -2.27. The lowest BCUT2D eigenvalue weighted by atomic mass is 10.1. The maximum Gasteiger partial charge on any atom is 0.293 e. The quantitative estimate of drug-likeness (QED) is 0.149. The molecule has 1 fully saturated rings. The van der Waals surface area contributed by atoms with Crippen molar-refractivity contribution in [1.82, 2.24) is 4.90 Å². The summed E-state index contributed by atoms with van der Waals surface area (Å²) in [5.74, 6) is 0.970. The zero-order valence-corrected chi connectivity index (χ0v) is 23.1. The minimum atomic E-state index is -0.289. The summed E-state index contributed by atoms with van der Waals surface area (Å²) in [6.07, 6.45) is 1.75. The van der Waals surface area contributed by atoms with E-state index in [0.717, 1.165) is 37.4 Å². The van der Waals surface area contributed by atoms with Gasteiger partial charge in [0.15, 0.2) is 11.5 Å². The highest BCUT2D eigenvalue weighted by atomic mass is 127. The predicted molar refractivity (Wildman–Crippen MR) is 157 cm³/mol. The van der Waals surface area contributed by atoms with Crippen molar-refractivity contribution in [3.8, 4) is 11.5 Å². The van der Waals surface area contributed by atoms with E-state index in [1.807, 2.05) is 67.6 Å². The summed E-state index contributed by atoms with van der Waals surface area (Å²) in [7, 11) is 0. The van der Waals surface area contributed by atoms with Crippen LogP contribution in [0.15, 0.2) is 89.8 Å². The van der Waals surface area contributed by atoms with Gasteiger partial charge in [0.05, 0.1) is 21.6 Å². The molecular formula is C30H24INO4S. The number of hydrogen-bond donors (Lipinski definition) is 0. The summed E-state index contributed by atoms with van der Waals surface area (Å²) >= 11 is 3.18. The van der Waals surface area contributed by atoms with E-state index in [2.05, 4.69) is 46.9 Å². The fraction of sp³-hybridized carbons (Fsp3) is 0.133. The highest BCUT2D eigenvalue weighted by Gasteiger charge is 2.35. The van der Waals surface area contributed by atoms with Crippen LogP contribution >= 0.6 is 34.4 Å². The summed E-state index contributed by atoms with van der Waals surface area (Å²) in [4.78, 5) is 27.3. The van der Waals surface area contributed by atoms with Crippen LogP contribution in [0.1, 0.15) is 23.6 Å². The highest BCUT2D eigenvalue weighted by Crippen LogP contribution is 2.38. The number of fused-ring (bicyclic) bond motifs is 1. The van der Waals surface area contributed by atoms with Crippen LogP contribution in [-0.4, -0.2) is 22.7 Å². The Bertz CT molecular complexity index is 1500. The number of thioether (sulfide) groups is 1. The number of imide groups is 1. The van der Waals surface area contributed by atoms with Crippen molar-refractivity contribution in [3.05, 3.63) is 110 Å². The molecule has 37 heavy (non-hydrogen) atoms. The van der Waals surface area contributed by atoms with Crippen LogP contribution < -0.4 is 9.47 Å². The molecule has 0 spiro atoms. The summed E-state index contributed by atoms with van der Waals surface area (Å²) in [6.45, 7) is 3.04. The van der Waals surface area contributed by atoms with Crippen molar-refractivity contribution in [3.63, 3.8) is 0 Å². The monoisotopic (exact) mass is 621 g/mol.